The molecular weight excluding hydrogens is 262 g/mol. The Morgan fingerprint density at radius 3 is 2.86 bits per heavy atom. The number of aryl methyl sites for hydroxylation is 1. The topological polar surface area (TPSA) is 32.7 Å². The lowest BCUT2D eigenvalue weighted by Gasteiger charge is -2.31. The highest BCUT2D eigenvalue weighted by Crippen LogP contribution is 2.31. The molecule has 3 heteroatoms. The van der Waals surface area contributed by atoms with E-state index in [4.69, 9.17) is 4.74 Å². The summed E-state index contributed by atoms with van der Waals surface area (Å²) in [5.74, 6) is 0.825. The Balaban J connectivity index is 1.55. The minimum Gasteiger partial charge on any atom is -0.387 e. The van der Waals surface area contributed by atoms with Crippen molar-refractivity contribution in [3.05, 3.63) is 35.4 Å². The third-order valence-electron chi connectivity index (χ3n) is 4.89. The molecule has 1 aromatic carbocycles. The molecule has 116 valence electrons. The lowest BCUT2D eigenvalue weighted by molar-refractivity contribution is 0.0350. The van der Waals surface area contributed by atoms with Crippen LogP contribution in [0.3, 0.4) is 0 Å². The van der Waals surface area contributed by atoms with Crippen molar-refractivity contribution in [2.45, 2.75) is 44.2 Å². The van der Waals surface area contributed by atoms with E-state index in [-0.39, 0.29) is 12.1 Å². The molecular formula is C18H27NO2. The Bertz CT molecular complexity index is 458. The van der Waals surface area contributed by atoms with Crippen molar-refractivity contribution in [3.8, 4) is 0 Å². The van der Waals surface area contributed by atoms with E-state index in [0.717, 1.165) is 50.5 Å². The SMILES string of the molecule is CN(CCOCC1CC1)C1CCCc2ccccc2C1O. The van der Waals surface area contributed by atoms with Crippen LogP contribution in [0.25, 0.3) is 0 Å². The Morgan fingerprint density at radius 1 is 1.24 bits per heavy atom. The van der Waals surface area contributed by atoms with Gasteiger partial charge in [0.15, 0.2) is 0 Å². The number of likely N-dealkylation sites (N-methyl/N-ethyl adjacent to an activating group) is 1. The number of benzene rings is 1. The van der Waals surface area contributed by atoms with Crippen LogP contribution in [0.2, 0.25) is 0 Å². The van der Waals surface area contributed by atoms with Crippen LogP contribution in [-0.4, -0.2) is 42.9 Å². The van der Waals surface area contributed by atoms with Gasteiger partial charge in [0.05, 0.1) is 12.7 Å². The van der Waals surface area contributed by atoms with Crippen LogP contribution in [0, 0.1) is 5.92 Å². The van der Waals surface area contributed by atoms with Crippen LogP contribution in [0.5, 0.6) is 0 Å². The zero-order valence-electron chi connectivity index (χ0n) is 13.0. The lowest BCUT2D eigenvalue weighted by Crippen LogP contribution is -2.38. The molecule has 0 radical (unpaired) electrons. The van der Waals surface area contributed by atoms with Crippen LogP contribution in [0.15, 0.2) is 24.3 Å². The second-order valence-electron chi connectivity index (χ2n) is 6.60. The summed E-state index contributed by atoms with van der Waals surface area (Å²) in [5, 5.41) is 10.7. The number of aliphatic hydroxyl groups is 1. The van der Waals surface area contributed by atoms with Crippen molar-refractivity contribution >= 4 is 0 Å². The molecule has 3 rings (SSSR count). The smallest absolute Gasteiger partial charge is 0.0947 e. The highest BCUT2D eigenvalue weighted by Gasteiger charge is 2.28. The quantitative estimate of drug-likeness (QED) is 0.645. The molecule has 21 heavy (non-hydrogen) atoms. The van der Waals surface area contributed by atoms with E-state index >= 15 is 0 Å². The first-order valence-electron chi connectivity index (χ1n) is 8.29. The third-order valence-corrected chi connectivity index (χ3v) is 4.89. The summed E-state index contributed by atoms with van der Waals surface area (Å²) in [6.07, 6.45) is 5.58. The van der Waals surface area contributed by atoms with Gasteiger partial charge in [0, 0.05) is 19.2 Å². The zero-order chi connectivity index (χ0) is 14.7. The minimum atomic E-state index is -0.378. The van der Waals surface area contributed by atoms with Crippen molar-refractivity contribution in [1.82, 2.24) is 4.90 Å². The Morgan fingerprint density at radius 2 is 2.05 bits per heavy atom. The van der Waals surface area contributed by atoms with Crippen molar-refractivity contribution in [3.63, 3.8) is 0 Å². The summed E-state index contributed by atoms with van der Waals surface area (Å²) in [5.41, 5.74) is 2.43. The van der Waals surface area contributed by atoms with Gasteiger partial charge < -0.3 is 9.84 Å². The van der Waals surface area contributed by atoms with E-state index in [0.29, 0.717) is 0 Å². The first-order chi connectivity index (χ1) is 10.3. The van der Waals surface area contributed by atoms with E-state index < -0.39 is 0 Å². The Labute approximate surface area is 127 Å². The third kappa shape index (κ3) is 3.85. The average Bonchev–Trinajstić information content (AvgIpc) is 3.32. The second kappa shape index (κ2) is 6.91. The molecule has 2 unspecified atom stereocenters. The molecule has 1 saturated carbocycles. The first-order valence-corrected chi connectivity index (χ1v) is 8.29. The summed E-state index contributed by atoms with van der Waals surface area (Å²) in [7, 11) is 2.11. The van der Waals surface area contributed by atoms with Crippen LogP contribution < -0.4 is 0 Å². The first kappa shape index (κ1) is 15.0. The molecule has 1 aromatic rings. The molecule has 2 aliphatic carbocycles. The number of aliphatic hydroxyl groups excluding tert-OH is 1. The summed E-state index contributed by atoms with van der Waals surface area (Å²) in [4.78, 5) is 2.28. The van der Waals surface area contributed by atoms with Crippen LogP contribution >= 0.6 is 0 Å². The van der Waals surface area contributed by atoms with E-state index in [1.807, 2.05) is 6.07 Å². The maximum absolute atomic E-state index is 10.7. The average molecular weight is 289 g/mol. The predicted octanol–water partition coefficient (Wildman–Crippen LogP) is 2.78. The molecule has 1 fully saturated rings. The minimum absolute atomic E-state index is 0.207. The van der Waals surface area contributed by atoms with Gasteiger partial charge in [0.25, 0.3) is 0 Å². The van der Waals surface area contributed by atoms with Crippen molar-refractivity contribution in [1.29, 1.82) is 0 Å². The molecule has 0 amide bonds. The van der Waals surface area contributed by atoms with E-state index in [9.17, 15) is 5.11 Å². The zero-order valence-corrected chi connectivity index (χ0v) is 13.0. The number of nitrogens with zero attached hydrogens (tertiary/aromatic N) is 1. The van der Waals surface area contributed by atoms with Gasteiger partial charge in [-0.25, -0.2) is 0 Å². The number of fused-ring (bicyclic) bond motifs is 1. The highest BCUT2D eigenvalue weighted by atomic mass is 16.5. The van der Waals surface area contributed by atoms with Crippen molar-refractivity contribution < 1.29 is 9.84 Å². The van der Waals surface area contributed by atoms with Gasteiger partial charge in [-0.2, -0.15) is 0 Å². The van der Waals surface area contributed by atoms with E-state index in [1.165, 1.54) is 18.4 Å². The molecule has 0 bridgehead atoms. The molecule has 0 spiro atoms. The number of rotatable bonds is 6. The fourth-order valence-corrected chi connectivity index (χ4v) is 3.29. The van der Waals surface area contributed by atoms with Gasteiger partial charge in [-0.1, -0.05) is 24.3 Å². The molecule has 2 atom stereocenters. The number of hydrogen-bond donors (Lipinski definition) is 1. The summed E-state index contributed by atoms with van der Waals surface area (Å²) >= 11 is 0. The van der Waals surface area contributed by atoms with Crippen molar-refractivity contribution in [2.24, 2.45) is 5.92 Å². The molecule has 0 saturated heterocycles. The molecule has 3 nitrogen and oxygen atoms in total. The Kier molecular flexibility index (Phi) is 4.94. The standard InChI is InChI=1S/C18H27NO2/c1-19(11-12-21-13-14-9-10-14)17-8-4-6-15-5-2-3-7-16(15)18(17)20/h2-3,5,7,14,17-18,20H,4,6,8-13H2,1H3. The van der Waals surface area contributed by atoms with Gasteiger partial charge in [0.2, 0.25) is 0 Å². The second-order valence-corrected chi connectivity index (χ2v) is 6.60. The molecule has 2 aliphatic rings. The molecule has 1 N–H and O–H groups in total. The predicted molar refractivity (Wildman–Crippen MR) is 84.3 cm³/mol. The molecule has 0 aromatic heterocycles. The van der Waals surface area contributed by atoms with Gasteiger partial charge in [-0.05, 0) is 56.2 Å². The van der Waals surface area contributed by atoms with Gasteiger partial charge in [-0.15, -0.1) is 0 Å². The summed E-state index contributed by atoms with van der Waals surface area (Å²) < 4.78 is 5.73. The largest absolute Gasteiger partial charge is 0.387 e. The fourth-order valence-electron chi connectivity index (χ4n) is 3.29. The summed E-state index contributed by atoms with van der Waals surface area (Å²) in [6.45, 7) is 2.60. The normalized spacial score (nSPS) is 25.7. The maximum Gasteiger partial charge on any atom is 0.0947 e. The summed E-state index contributed by atoms with van der Waals surface area (Å²) in [6, 6.07) is 8.54. The van der Waals surface area contributed by atoms with Crippen LogP contribution in [0.4, 0.5) is 0 Å². The number of hydrogen-bond acceptors (Lipinski definition) is 3. The van der Waals surface area contributed by atoms with E-state index in [1.54, 1.807) is 0 Å². The van der Waals surface area contributed by atoms with Gasteiger partial charge in [-0.3, -0.25) is 4.90 Å². The fraction of sp³-hybridized carbons (Fsp3) is 0.667. The van der Waals surface area contributed by atoms with Crippen molar-refractivity contribution in [2.75, 3.05) is 26.8 Å². The van der Waals surface area contributed by atoms with Crippen LogP contribution in [-0.2, 0) is 11.2 Å². The van der Waals surface area contributed by atoms with Gasteiger partial charge in [0.1, 0.15) is 0 Å². The Hall–Kier alpha value is -0.900. The monoisotopic (exact) mass is 289 g/mol. The molecule has 0 aliphatic heterocycles. The maximum atomic E-state index is 10.7. The number of ether oxygens (including phenoxy) is 1. The lowest BCUT2D eigenvalue weighted by atomic mass is 9.98. The van der Waals surface area contributed by atoms with Gasteiger partial charge >= 0.3 is 0 Å². The van der Waals surface area contributed by atoms with E-state index in [2.05, 4.69) is 30.1 Å². The molecule has 0 heterocycles. The highest BCUT2D eigenvalue weighted by molar-refractivity contribution is 5.31. The van der Waals surface area contributed by atoms with Crippen LogP contribution in [0.1, 0.15) is 42.9 Å².